The number of likely N-dealkylation sites (tertiary alicyclic amines) is 1. The van der Waals surface area contributed by atoms with Crippen LogP contribution < -0.4 is 5.32 Å². The van der Waals surface area contributed by atoms with Gasteiger partial charge >= 0.3 is 0 Å². The molecule has 2 aliphatic heterocycles. The molecule has 2 fully saturated rings. The largest absolute Gasteiger partial charge is 0.349 e. The summed E-state index contributed by atoms with van der Waals surface area (Å²) in [5.74, 6) is 0.518. The molecule has 0 saturated carbocycles. The van der Waals surface area contributed by atoms with Crippen LogP contribution in [0.4, 0.5) is 0 Å². The van der Waals surface area contributed by atoms with Crippen LogP contribution in [0, 0.1) is 5.92 Å². The molecule has 0 radical (unpaired) electrons. The Bertz CT molecular complexity index is 316. The van der Waals surface area contributed by atoms with Crippen molar-refractivity contribution in [2.45, 2.75) is 31.7 Å². The quantitative estimate of drug-likeness (QED) is 0.757. The van der Waals surface area contributed by atoms with E-state index in [-0.39, 0.29) is 23.8 Å². The van der Waals surface area contributed by atoms with Crippen molar-refractivity contribution in [1.82, 2.24) is 15.1 Å². The van der Waals surface area contributed by atoms with E-state index in [4.69, 9.17) is 0 Å². The Balaban J connectivity index is 1.82. The van der Waals surface area contributed by atoms with Crippen LogP contribution in [0.15, 0.2) is 0 Å². The van der Waals surface area contributed by atoms with Gasteiger partial charge in [0.25, 0.3) is 0 Å². The minimum absolute atomic E-state index is 0.0195. The monoisotopic (exact) mass is 253 g/mol. The molecule has 5 heteroatoms. The molecule has 0 unspecified atom stereocenters. The lowest BCUT2D eigenvalue weighted by Gasteiger charge is -2.33. The topological polar surface area (TPSA) is 52.7 Å². The molecule has 0 aromatic heterocycles. The second kappa shape index (κ2) is 5.69. The fraction of sp³-hybridized carbons (Fsp3) is 0.846. The van der Waals surface area contributed by atoms with Crippen molar-refractivity contribution in [3.8, 4) is 0 Å². The van der Waals surface area contributed by atoms with E-state index in [1.807, 2.05) is 4.90 Å². The number of hydrogen-bond donors (Lipinski definition) is 1. The van der Waals surface area contributed by atoms with Gasteiger partial charge in [-0.2, -0.15) is 0 Å². The summed E-state index contributed by atoms with van der Waals surface area (Å²) < 4.78 is 0. The zero-order chi connectivity index (χ0) is 13.1. The standard InChI is InChI=1S/C13H23N3O2/c1-15(2)12(17)10-5-8-16(9-6-10)13(18)11-4-3-7-14-11/h10-11,14H,3-9H2,1-2H3/t11-/m1/s1. The zero-order valence-corrected chi connectivity index (χ0v) is 11.3. The Kier molecular flexibility index (Phi) is 4.22. The third-order valence-electron chi connectivity index (χ3n) is 3.96. The van der Waals surface area contributed by atoms with Crippen molar-refractivity contribution in [2.24, 2.45) is 5.92 Å². The van der Waals surface area contributed by atoms with Gasteiger partial charge in [-0.15, -0.1) is 0 Å². The SMILES string of the molecule is CN(C)C(=O)C1CCN(C(=O)[C@H]2CCCN2)CC1. The Labute approximate surface area is 108 Å². The first-order chi connectivity index (χ1) is 8.59. The van der Waals surface area contributed by atoms with E-state index in [9.17, 15) is 9.59 Å². The van der Waals surface area contributed by atoms with Crippen molar-refractivity contribution in [3.05, 3.63) is 0 Å². The van der Waals surface area contributed by atoms with Crippen LogP contribution in [-0.2, 0) is 9.59 Å². The van der Waals surface area contributed by atoms with Gasteiger partial charge in [0, 0.05) is 33.1 Å². The molecule has 1 N–H and O–H groups in total. The number of hydrogen-bond acceptors (Lipinski definition) is 3. The highest BCUT2D eigenvalue weighted by Gasteiger charge is 2.32. The van der Waals surface area contributed by atoms with E-state index in [0.717, 1.165) is 45.3 Å². The fourth-order valence-corrected chi connectivity index (χ4v) is 2.83. The normalized spacial score (nSPS) is 25.2. The van der Waals surface area contributed by atoms with Gasteiger partial charge < -0.3 is 15.1 Å². The number of piperidine rings is 1. The lowest BCUT2D eigenvalue weighted by molar-refractivity contribution is -0.140. The minimum Gasteiger partial charge on any atom is -0.349 e. The van der Waals surface area contributed by atoms with Crippen LogP contribution in [0.2, 0.25) is 0 Å². The molecular weight excluding hydrogens is 230 g/mol. The minimum atomic E-state index is 0.0195. The first-order valence-corrected chi connectivity index (χ1v) is 6.83. The van der Waals surface area contributed by atoms with Crippen molar-refractivity contribution >= 4 is 11.8 Å². The number of carbonyl (C=O) groups is 2. The maximum atomic E-state index is 12.2. The van der Waals surface area contributed by atoms with Crippen molar-refractivity contribution in [2.75, 3.05) is 33.7 Å². The molecule has 1 atom stereocenters. The van der Waals surface area contributed by atoms with Crippen molar-refractivity contribution in [3.63, 3.8) is 0 Å². The summed E-state index contributed by atoms with van der Waals surface area (Å²) in [4.78, 5) is 27.6. The highest BCUT2D eigenvalue weighted by atomic mass is 16.2. The van der Waals surface area contributed by atoms with Crippen LogP contribution in [0.5, 0.6) is 0 Å². The van der Waals surface area contributed by atoms with Crippen LogP contribution in [0.3, 0.4) is 0 Å². The number of amides is 2. The molecule has 2 heterocycles. The summed E-state index contributed by atoms with van der Waals surface area (Å²) in [5, 5.41) is 3.24. The lowest BCUT2D eigenvalue weighted by Crippen LogP contribution is -2.48. The van der Waals surface area contributed by atoms with Gasteiger partial charge in [-0.25, -0.2) is 0 Å². The van der Waals surface area contributed by atoms with Crippen LogP contribution in [-0.4, -0.2) is 61.4 Å². The summed E-state index contributed by atoms with van der Waals surface area (Å²) in [6.07, 6.45) is 3.65. The molecule has 2 rings (SSSR count). The first-order valence-electron chi connectivity index (χ1n) is 6.83. The average molecular weight is 253 g/mol. The average Bonchev–Trinajstić information content (AvgIpc) is 2.91. The van der Waals surface area contributed by atoms with Crippen LogP contribution >= 0.6 is 0 Å². The predicted molar refractivity (Wildman–Crippen MR) is 69.0 cm³/mol. The van der Waals surface area contributed by atoms with Gasteiger partial charge in [0.15, 0.2) is 0 Å². The molecule has 2 aliphatic rings. The molecule has 0 aromatic carbocycles. The molecule has 0 bridgehead atoms. The molecule has 18 heavy (non-hydrogen) atoms. The second-order valence-electron chi connectivity index (χ2n) is 5.48. The fourth-order valence-electron chi connectivity index (χ4n) is 2.83. The van der Waals surface area contributed by atoms with Crippen LogP contribution in [0.1, 0.15) is 25.7 Å². The Hall–Kier alpha value is -1.10. The van der Waals surface area contributed by atoms with Gasteiger partial charge in [0.05, 0.1) is 6.04 Å². The van der Waals surface area contributed by atoms with Gasteiger partial charge in [-0.3, -0.25) is 9.59 Å². The maximum Gasteiger partial charge on any atom is 0.239 e. The van der Waals surface area contributed by atoms with E-state index >= 15 is 0 Å². The summed E-state index contributed by atoms with van der Waals surface area (Å²) in [7, 11) is 3.59. The number of rotatable bonds is 2. The summed E-state index contributed by atoms with van der Waals surface area (Å²) in [6.45, 7) is 2.40. The molecule has 2 amide bonds. The van der Waals surface area contributed by atoms with E-state index in [0.29, 0.717) is 0 Å². The Morgan fingerprint density at radius 2 is 1.83 bits per heavy atom. The molecule has 0 aromatic rings. The van der Waals surface area contributed by atoms with Gasteiger partial charge in [0.1, 0.15) is 0 Å². The molecule has 2 saturated heterocycles. The molecule has 0 spiro atoms. The summed E-state index contributed by atoms with van der Waals surface area (Å²) in [6, 6.07) is 0.0195. The van der Waals surface area contributed by atoms with Crippen molar-refractivity contribution in [1.29, 1.82) is 0 Å². The smallest absolute Gasteiger partial charge is 0.239 e. The van der Waals surface area contributed by atoms with E-state index in [1.165, 1.54) is 0 Å². The molecule has 0 aliphatic carbocycles. The zero-order valence-electron chi connectivity index (χ0n) is 11.3. The van der Waals surface area contributed by atoms with Crippen molar-refractivity contribution < 1.29 is 9.59 Å². The lowest BCUT2D eigenvalue weighted by atomic mass is 9.95. The van der Waals surface area contributed by atoms with Gasteiger partial charge in [0.2, 0.25) is 11.8 Å². The third kappa shape index (κ3) is 2.83. The van der Waals surface area contributed by atoms with E-state index < -0.39 is 0 Å². The summed E-state index contributed by atoms with van der Waals surface area (Å²) in [5.41, 5.74) is 0. The number of nitrogens with zero attached hydrogens (tertiary/aromatic N) is 2. The predicted octanol–water partition coefficient (Wildman–Crippen LogP) is 0.0652. The molecule has 5 nitrogen and oxygen atoms in total. The molecule has 102 valence electrons. The second-order valence-corrected chi connectivity index (χ2v) is 5.48. The highest BCUT2D eigenvalue weighted by molar-refractivity contribution is 5.83. The number of carbonyl (C=O) groups excluding carboxylic acids is 2. The summed E-state index contributed by atoms with van der Waals surface area (Å²) >= 11 is 0. The third-order valence-corrected chi connectivity index (χ3v) is 3.96. The Morgan fingerprint density at radius 3 is 2.33 bits per heavy atom. The number of nitrogens with one attached hydrogen (secondary N) is 1. The Morgan fingerprint density at radius 1 is 1.17 bits per heavy atom. The van der Waals surface area contributed by atoms with Gasteiger partial charge in [-0.05, 0) is 32.2 Å². The maximum absolute atomic E-state index is 12.2. The van der Waals surface area contributed by atoms with Gasteiger partial charge in [-0.1, -0.05) is 0 Å². The van der Waals surface area contributed by atoms with E-state index in [2.05, 4.69) is 5.32 Å². The highest BCUT2D eigenvalue weighted by Crippen LogP contribution is 2.20. The van der Waals surface area contributed by atoms with E-state index in [1.54, 1.807) is 19.0 Å². The first kappa shape index (κ1) is 13.3. The molecular formula is C13H23N3O2. The van der Waals surface area contributed by atoms with Crippen LogP contribution in [0.25, 0.3) is 0 Å².